The summed E-state index contributed by atoms with van der Waals surface area (Å²) < 4.78 is 1.93. The van der Waals surface area contributed by atoms with E-state index in [-0.39, 0.29) is 10.8 Å². The van der Waals surface area contributed by atoms with Gasteiger partial charge in [0.1, 0.15) is 0 Å². The number of rotatable bonds is 9. The Balaban J connectivity index is 1.54. The number of allylic oxidation sites excluding steroid dienone is 5. The van der Waals surface area contributed by atoms with Crippen molar-refractivity contribution in [2.24, 2.45) is 10.4 Å². The van der Waals surface area contributed by atoms with Crippen molar-refractivity contribution in [3.8, 4) is 0 Å². The fourth-order valence-electron chi connectivity index (χ4n) is 5.82. The molecule has 0 bridgehead atoms. The van der Waals surface area contributed by atoms with Crippen molar-refractivity contribution in [1.29, 1.82) is 0 Å². The Kier molecular flexibility index (Phi) is 8.16. The molecule has 0 N–H and O–H groups in total. The fourth-order valence-corrected chi connectivity index (χ4v) is 5.82. The van der Waals surface area contributed by atoms with Crippen LogP contribution in [-0.4, -0.2) is 26.0 Å². The first-order valence-electron chi connectivity index (χ1n) is 14.7. The van der Waals surface area contributed by atoms with Crippen molar-refractivity contribution in [3.63, 3.8) is 0 Å². The third-order valence-electron chi connectivity index (χ3n) is 8.66. The summed E-state index contributed by atoms with van der Waals surface area (Å²) in [5.41, 5.74) is 8.93. The maximum absolute atomic E-state index is 5.15. The Hall–Kier alpha value is -4.12. The largest absolute Gasteiger partial charge is 0.269 e. The number of aryl methyl sites for hydroxylation is 2. The van der Waals surface area contributed by atoms with Crippen molar-refractivity contribution >= 4 is 22.8 Å². The first-order chi connectivity index (χ1) is 19.8. The van der Waals surface area contributed by atoms with E-state index in [0.717, 1.165) is 48.2 Å². The van der Waals surface area contributed by atoms with Gasteiger partial charge in [0.2, 0.25) is 0 Å². The Labute approximate surface area is 244 Å². The van der Waals surface area contributed by atoms with Gasteiger partial charge in [0.25, 0.3) is 0 Å². The van der Waals surface area contributed by atoms with E-state index in [2.05, 4.69) is 99.3 Å². The van der Waals surface area contributed by atoms with Crippen LogP contribution in [0.3, 0.4) is 0 Å². The van der Waals surface area contributed by atoms with Crippen LogP contribution in [0.15, 0.2) is 96.0 Å². The molecule has 0 amide bonds. The first kappa shape index (κ1) is 28.4. The first-order valence-corrected chi connectivity index (χ1v) is 14.7. The minimum atomic E-state index is -0.380. The van der Waals surface area contributed by atoms with Crippen molar-refractivity contribution in [2.75, 3.05) is 0 Å². The molecule has 4 aromatic rings. The summed E-state index contributed by atoms with van der Waals surface area (Å²) in [4.78, 5) is 14.4. The van der Waals surface area contributed by atoms with Crippen LogP contribution in [0.2, 0.25) is 0 Å². The van der Waals surface area contributed by atoms with E-state index < -0.39 is 0 Å². The molecule has 3 aromatic heterocycles. The van der Waals surface area contributed by atoms with E-state index in [1.54, 1.807) is 0 Å². The molecule has 2 atom stereocenters. The molecule has 5 nitrogen and oxygen atoms in total. The zero-order valence-corrected chi connectivity index (χ0v) is 25.2. The summed E-state index contributed by atoms with van der Waals surface area (Å²) in [5.74, 6) is 0. The molecule has 0 saturated carbocycles. The molecule has 5 heteroatoms. The van der Waals surface area contributed by atoms with Gasteiger partial charge in [0.15, 0.2) is 0 Å². The highest BCUT2D eigenvalue weighted by Crippen LogP contribution is 2.41. The lowest BCUT2D eigenvalue weighted by molar-refractivity contribution is 0.425. The maximum atomic E-state index is 5.15. The number of aliphatic imine (C=N–C) groups is 1. The topological polar surface area (TPSA) is 56.0 Å². The predicted molar refractivity (Wildman–Crippen MR) is 171 cm³/mol. The highest BCUT2D eigenvalue weighted by atomic mass is 15.3. The summed E-state index contributed by atoms with van der Waals surface area (Å²) >= 11 is 0. The van der Waals surface area contributed by atoms with Crippen LogP contribution in [0.1, 0.15) is 76.0 Å². The van der Waals surface area contributed by atoms with Gasteiger partial charge in [-0.25, -0.2) is 4.68 Å². The highest BCUT2D eigenvalue weighted by molar-refractivity contribution is 5.81. The van der Waals surface area contributed by atoms with Gasteiger partial charge >= 0.3 is 0 Å². The van der Waals surface area contributed by atoms with Gasteiger partial charge in [-0.1, -0.05) is 45.1 Å². The van der Waals surface area contributed by atoms with Crippen molar-refractivity contribution in [3.05, 3.63) is 119 Å². The van der Waals surface area contributed by atoms with Crippen LogP contribution >= 0.6 is 0 Å². The SMILES string of the molecule is CC=N/C=C(\C)C(C)(c1ccc(CC)nc1)c1ccc2nc(CC)c(CC3(C)C=CC(n4cccn4)=CC3)cc2c1. The van der Waals surface area contributed by atoms with Crippen LogP contribution in [0.25, 0.3) is 16.6 Å². The molecule has 1 aromatic carbocycles. The fraction of sp³-hybridized carbons (Fsp3) is 0.333. The van der Waals surface area contributed by atoms with Crippen LogP contribution in [-0.2, 0) is 24.7 Å². The van der Waals surface area contributed by atoms with E-state index >= 15 is 0 Å². The molecule has 1 aliphatic rings. The van der Waals surface area contributed by atoms with Gasteiger partial charge in [-0.05, 0) is 111 Å². The van der Waals surface area contributed by atoms with Gasteiger partial charge in [0, 0.05) is 53.2 Å². The molecule has 3 heterocycles. The molecule has 0 fully saturated rings. The smallest absolute Gasteiger partial charge is 0.0705 e. The molecule has 0 radical (unpaired) electrons. The minimum Gasteiger partial charge on any atom is -0.269 e. The lowest BCUT2D eigenvalue weighted by Crippen LogP contribution is -2.25. The van der Waals surface area contributed by atoms with Gasteiger partial charge in [-0.2, -0.15) is 5.10 Å². The van der Waals surface area contributed by atoms with Crippen LogP contribution in [0.4, 0.5) is 0 Å². The second-order valence-corrected chi connectivity index (χ2v) is 11.5. The second-order valence-electron chi connectivity index (χ2n) is 11.5. The molecular weight excluding hydrogens is 502 g/mol. The Bertz CT molecular complexity index is 1640. The number of nitrogens with zero attached hydrogens (tertiary/aromatic N) is 5. The van der Waals surface area contributed by atoms with Gasteiger partial charge in [-0.15, -0.1) is 0 Å². The van der Waals surface area contributed by atoms with Crippen molar-refractivity contribution < 1.29 is 0 Å². The van der Waals surface area contributed by atoms with Gasteiger partial charge in [0.05, 0.1) is 11.2 Å². The lowest BCUT2D eigenvalue weighted by atomic mass is 9.71. The van der Waals surface area contributed by atoms with E-state index in [4.69, 9.17) is 9.97 Å². The number of fused-ring (bicyclic) bond motifs is 1. The third-order valence-corrected chi connectivity index (χ3v) is 8.66. The minimum absolute atomic E-state index is 0.0201. The number of hydrogen-bond acceptors (Lipinski definition) is 4. The highest BCUT2D eigenvalue weighted by Gasteiger charge is 2.32. The van der Waals surface area contributed by atoms with Gasteiger partial charge in [-0.3, -0.25) is 15.0 Å². The molecule has 0 saturated heterocycles. The normalized spacial score (nSPS) is 19.1. The van der Waals surface area contributed by atoms with Crippen LogP contribution < -0.4 is 0 Å². The third kappa shape index (κ3) is 5.72. The Morgan fingerprint density at radius 2 is 1.95 bits per heavy atom. The molecule has 41 heavy (non-hydrogen) atoms. The number of pyridine rings is 2. The quantitative estimate of drug-likeness (QED) is 0.200. The molecule has 210 valence electrons. The average molecular weight is 544 g/mol. The van der Waals surface area contributed by atoms with E-state index in [1.807, 2.05) is 48.7 Å². The zero-order valence-electron chi connectivity index (χ0n) is 25.2. The molecular formula is C36H41N5. The summed E-state index contributed by atoms with van der Waals surface area (Å²) in [6, 6.07) is 15.4. The van der Waals surface area contributed by atoms with Crippen LogP contribution in [0.5, 0.6) is 0 Å². The van der Waals surface area contributed by atoms with Crippen molar-refractivity contribution in [2.45, 2.75) is 72.6 Å². The summed E-state index contributed by atoms with van der Waals surface area (Å²) in [5, 5.41) is 5.56. The summed E-state index contributed by atoms with van der Waals surface area (Å²) in [6.07, 6.45) is 20.2. The molecule has 2 unspecified atom stereocenters. The number of hydrogen-bond donors (Lipinski definition) is 0. The van der Waals surface area contributed by atoms with E-state index in [9.17, 15) is 0 Å². The molecule has 1 aliphatic carbocycles. The second kappa shape index (κ2) is 11.8. The van der Waals surface area contributed by atoms with E-state index in [0.29, 0.717) is 0 Å². The van der Waals surface area contributed by atoms with Crippen molar-refractivity contribution in [1.82, 2.24) is 19.7 Å². The molecule has 0 aliphatic heterocycles. The molecule has 0 spiro atoms. The Morgan fingerprint density at radius 3 is 2.59 bits per heavy atom. The zero-order chi connectivity index (χ0) is 29.0. The number of aromatic nitrogens is 4. The molecule has 5 rings (SSSR count). The lowest BCUT2D eigenvalue weighted by Gasteiger charge is -2.32. The van der Waals surface area contributed by atoms with E-state index in [1.165, 1.54) is 27.8 Å². The predicted octanol–water partition coefficient (Wildman–Crippen LogP) is 8.30. The average Bonchev–Trinajstić information content (AvgIpc) is 3.54. The van der Waals surface area contributed by atoms with Crippen LogP contribution in [0, 0.1) is 5.41 Å². The standard InChI is InChI=1S/C36H41N5/c1-7-31-13-11-30(25-38-31)36(6,26(4)24-37-9-3)29-12-14-34-27(22-29)21-28(33(8-2)40-34)23-35(5)17-15-32(16-18-35)41-20-10-19-39-41/h9-17,19-22,24-25H,7-8,18,23H2,1-6H3/b26-24+,37-9?. The summed E-state index contributed by atoms with van der Waals surface area (Å²) in [6.45, 7) is 13.1. The van der Waals surface area contributed by atoms with Gasteiger partial charge < -0.3 is 0 Å². The number of benzene rings is 1. The monoisotopic (exact) mass is 543 g/mol. The summed E-state index contributed by atoms with van der Waals surface area (Å²) in [7, 11) is 0. The maximum Gasteiger partial charge on any atom is 0.0705 e. The Morgan fingerprint density at radius 1 is 1.12 bits per heavy atom.